The summed E-state index contributed by atoms with van der Waals surface area (Å²) in [7, 11) is 0. The van der Waals surface area contributed by atoms with Crippen molar-refractivity contribution in [3.05, 3.63) is 56.2 Å². The molecule has 0 amide bonds. The van der Waals surface area contributed by atoms with Crippen molar-refractivity contribution >= 4 is 11.6 Å². The van der Waals surface area contributed by atoms with Gasteiger partial charge in [-0.3, -0.25) is 9.69 Å². The first-order chi connectivity index (χ1) is 12.6. The molecule has 0 saturated heterocycles. The number of hydrogen-bond donors (Lipinski definition) is 2. The van der Waals surface area contributed by atoms with Crippen LogP contribution in [0.5, 0.6) is 5.75 Å². The minimum Gasteiger partial charge on any atom is -0.508 e. The summed E-state index contributed by atoms with van der Waals surface area (Å²) in [4.78, 5) is 22.7. The molecule has 1 aliphatic carbocycles. The molecule has 26 heavy (non-hydrogen) atoms. The van der Waals surface area contributed by atoms with Gasteiger partial charge in [0.05, 0.1) is 5.69 Å². The van der Waals surface area contributed by atoms with Gasteiger partial charge in [-0.05, 0) is 37.0 Å². The third-order valence-corrected chi connectivity index (χ3v) is 5.95. The second-order valence-corrected chi connectivity index (χ2v) is 7.85. The van der Waals surface area contributed by atoms with E-state index in [0.29, 0.717) is 30.5 Å². The minimum atomic E-state index is 0.0397. The van der Waals surface area contributed by atoms with Gasteiger partial charge in [-0.25, -0.2) is 4.98 Å². The molecule has 2 N–H and O–H groups in total. The Morgan fingerprint density at radius 2 is 2.08 bits per heavy atom. The fourth-order valence-corrected chi connectivity index (χ4v) is 4.36. The summed E-state index contributed by atoms with van der Waals surface area (Å²) in [5.41, 5.74) is 2.76. The molecule has 1 saturated carbocycles. The molecule has 2 heterocycles. The molecule has 1 aromatic heterocycles. The molecule has 0 unspecified atom stereocenters. The summed E-state index contributed by atoms with van der Waals surface area (Å²) in [6.07, 6.45) is 6.67. The van der Waals surface area contributed by atoms with E-state index < -0.39 is 0 Å². The summed E-state index contributed by atoms with van der Waals surface area (Å²) >= 11 is 6.24. The third kappa shape index (κ3) is 3.64. The maximum absolute atomic E-state index is 12.5. The van der Waals surface area contributed by atoms with E-state index in [9.17, 15) is 9.90 Å². The molecule has 1 aromatic carbocycles. The molecule has 0 bridgehead atoms. The number of H-pyrrole nitrogens is 1. The predicted octanol–water partition coefficient (Wildman–Crippen LogP) is 3.73. The number of halogens is 1. The van der Waals surface area contributed by atoms with E-state index in [0.717, 1.165) is 42.0 Å². The molecular formula is C20H24ClN3O2. The molecule has 0 spiro atoms. The predicted molar refractivity (Wildman–Crippen MR) is 102 cm³/mol. The van der Waals surface area contributed by atoms with Crippen LogP contribution in [0.1, 0.15) is 60.7 Å². The Hall–Kier alpha value is -1.85. The highest BCUT2D eigenvalue weighted by molar-refractivity contribution is 6.31. The SMILES string of the molecule is O=c1[nH]c(C2CCCCC2)nc2c1CCN(Cc1ccc(O)cc1Cl)C2. The molecule has 2 aliphatic rings. The number of aromatic nitrogens is 2. The lowest BCUT2D eigenvalue weighted by Crippen LogP contribution is -2.35. The van der Waals surface area contributed by atoms with Crippen LogP contribution in [0.2, 0.25) is 5.02 Å². The van der Waals surface area contributed by atoms with E-state index in [1.165, 1.54) is 19.3 Å². The van der Waals surface area contributed by atoms with Crippen LogP contribution in [-0.4, -0.2) is 26.5 Å². The van der Waals surface area contributed by atoms with Gasteiger partial charge in [0.25, 0.3) is 5.56 Å². The number of nitrogens with one attached hydrogen (secondary N) is 1. The Balaban J connectivity index is 1.55. The third-order valence-electron chi connectivity index (χ3n) is 5.59. The first-order valence-corrected chi connectivity index (χ1v) is 9.79. The quantitative estimate of drug-likeness (QED) is 0.860. The van der Waals surface area contributed by atoms with Gasteiger partial charge in [-0.1, -0.05) is 36.9 Å². The maximum atomic E-state index is 12.5. The minimum absolute atomic E-state index is 0.0397. The fraction of sp³-hybridized carbons (Fsp3) is 0.500. The average molecular weight is 374 g/mol. The topological polar surface area (TPSA) is 69.2 Å². The Bertz CT molecular complexity index is 859. The standard InChI is InChI=1S/C20H24ClN3O2/c21-17-10-15(25)7-6-14(17)11-24-9-8-16-18(12-24)22-19(23-20(16)26)13-4-2-1-3-5-13/h6-7,10,13,25H,1-5,8-9,11-12H2,(H,22,23,26). The number of phenols is 1. The molecule has 6 heteroatoms. The van der Waals surface area contributed by atoms with Gasteiger partial charge < -0.3 is 10.1 Å². The molecule has 138 valence electrons. The largest absolute Gasteiger partial charge is 0.508 e. The van der Waals surface area contributed by atoms with Crippen LogP contribution < -0.4 is 5.56 Å². The zero-order valence-corrected chi connectivity index (χ0v) is 15.6. The van der Waals surface area contributed by atoms with E-state index in [4.69, 9.17) is 16.6 Å². The van der Waals surface area contributed by atoms with Crippen molar-refractivity contribution in [1.82, 2.24) is 14.9 Å². The lowest BCUT2D eigenvalue weighted by atomic mass is 9.88. The Labute approximate surface area is 158 Å². The number of nitrogens with zero attached hydrogens (tertiary/aromatic N) is 2. The van der Waals surface area contributed by atoms with Crippen LogP contribution in [0.4, 0.5) is 0 Å². The van der Waals surface area contributed by atoms with Crippen molar-refractivity contribution in [3.8, 4) is 5.75 Å². The van der Waals surface area contributed by atoms with Crippen molar-refractivity contribution in [2.45, 2.75) is 57.5 Å². The van der Waals surface area contributed by atoms with E-state index in [1.54, 1.807) is 12.1 Å². The Morgan fingerprint density at radius 1 is 1.27 bits per heavy atom. The Morgan fingerprint density at radius 3 is 2.85 bits per heavy atom. The highest BCUT2D eigenvalue weighted by Gasteiger charge is 2.24. The van der Waals surface area contributed by atoms with Crippen LogP contribution in [0.3, 0.4) is 0 Å². The molecule has 1 fully saturated rings. The van der Waals surface area contributed by atoms with Crippen molar-refractivity contribution in [2.75, 3.05) is 6.54 Å². The molecule has 4 rings (SSSR count). The van der Waals surface area contributed by atoms with Gasteiger partial charge in [-0.15, -0.1) is 0 Å². The second kappa shape index (κ2) is 7.41. The Kier molecular flexibility index (Phi) is 5.00. The number of benzene rings is 1. The van der Waals surface area contributed by atoms with Crippen LogP contribution in [-0.2, 0) is 19.5 Å². The van der Waals surface area contributed by atoms with Crippen molar-refractivity contribution < 1.29 is 5.11 Å². The van der Waals surface area contributed by atoms with E-state index in [-0.39, 0.29) is 11.3 Å². The van der Waals surface area contributed by atoms with Crippen molar-refractivity contribution in [3.63, 3.8) is 0 Å². The van der Waals surface area contributed by atoms with Gasteiger partial charge >= 0.3 is 0 Å². The summed E-state index contributed by atoms with van der Waals surface area (Å²) in [6.45, 7) is 2.15. The van der Waals surface area contributed by atoms with Gasteiger partial charge in [0.15, 0.2) is 0 Å². The van der Waals surface area contributed by atoms with Crippen LogP contribution in [0.15, 0.2) is 23.0 Å². The monoisotopic (exact) mass is 373 g/mol. The second-order valence-electron chi connectivity index (χ2n) is 7.45. The lowest BCUT2D eigenvalue weighted by Gasteiger charge is -2.29. The van der Waals surface area contributed by atoms with Crippen LogP contribution >= 0.6 is 11.6 Å². The smallest absolute Gasteiger partial charge is 0.254 e. The average Bonchev–Trinajstić information content (AvgIpc) is 2.64. The molecule has 0 radical (unpaired) electrons. The van der Waals surface area contributed by atoms with E-state index in [2.05, 4.69) is 9.88 Å². The number of aromatic hydroxyl groups is 1. The maximum Gasteiger partial charge on any atom is 0.254 e. The summed E-state index contributed by atoms with van der Waals surface area (Å²) in [5, 5.41) is 10.1. The molecule has 2 aromatic rings. The zero-order chi connectivity index (χ0) is 18.1. The first kappa shape index (κ1) is 17.6. The molecule has 0 atom stereocenters. The zero-order valence-electron chi connectivity index (χ0n) is 14.8. The first-order valence-electron chi connectivity index (χ1n) is 9.42. The van der Waals surface area contributed by atoms with Crippen LogP contribution in [0.25, 0.3) is 0 Å². The normalized spacial score (nSPS) is 18.7. The highest BCUT2D eigenvalue weighted by atomic mass is 35.5. The molecule has 1 aliphatic heterocycles. The number of hydrogen-bond acceptors (Lipinski definition) is 4. The summed E-state index contributed by atoms with van der Waals surface area (Å²) in [5.74, 6) is 1.44. The van der Waals surface area contributed by atoms with Crippen LogP contribution in [0, 0.1) is 0 Å². The van der Waals surface area contributed by atoms with Gasteiger partial charge in [-0.2, -0.15) is 0 Å². The lowest BCUT2D eigenvalue weighted by molar-refractivity contribution is 0.239. The molecule has 5 nitrogen and oxygen atoms in total. The number of fused-ring (bicyclic) bond motifs is 1. The highest BCUT2D eigenvalue weighted by Crippen LogP contribution is 2.31. The van der Waals surface area contributed by atoms with E-state index >= 15 is 0 Å². The van der Waals surface area contributed by atoms with Gasteiger partial charge in [0, 0.05) is 36.1 Å². The number of aromatic amines is 1. The fourth-order valence-electron chi connectivity index (χ4n) is 4.12. The summed E-state index contributed by atoms with van der Waals surface area (Å²) in [6, 6.07) is 5.08. The van der Waals surface area contributed by atoms with Gasteiger partial charge in [0.1, 0.15) is 11.6 Å². The van der Waals surface area contributed by atoms with Crippen molar-refractivity contribution in [1.29, 1.82) is 0 Å². The van der Waals surface area contributed by atoms with E-state index in [1.807, 2.05) is 6.07 Å². The number of rotatable bonds is 3. The number of phenolic OH excluding ortho intramolecular Hbond substituents is 1. The van der Waals surface area contributed by atoms with Crippen molar-refractivity contribution in [2.24, 2.45) is 0 Å². The van der Waals surface area contributed by atoms with Gasteiger partial charge in [0.2, 0.25) is 0 Å². The molecular weight excluding hydrogens is 350 g/mol. The summed E-state index contributed by atoms with van der Waals surface area (Å²) < 4.78 is 0.